The van der Waals surface area contributed by atoms with E-state index in [9.17, 15) is 4.79 Å². The van der Waals surface area contributed by atoms with Gasteiger partial charge in [0.2, 0.25) is 5.91 Å². The second kappa shape index (κ2) is 5.74. The molecule has 0 saturated heterocycles. The third-order valence-corrected chi connectivity index (χ3v) is 4.52. The number of nitrogens with one attached hydrogen (secondary N) is 1. The van der Waals surface area contributed by atoms with Gasteiger partial charge in [-0.3, -0.25) is 9.69 Å². The van der Waals surface area contributed by atoms with Crippen LogP contribution in [0.5, 0.6) is 0 Å². The topological polar surface area (TPSA) is 58.4 Å². The van der Waals surface area contributed by atoms with Crippen molar-refractivity contribution < 1.29 is 4.79 Å². The average molecular weight is 338 g/mol. The Bertz CT molecular complexity index is 512. The molecular weight excluding hydrogens is 318 g/mol. The maximum Gasteiger partial charge on any atom is 0.238 e. The largest absolute Gasteiger partial charge is 0.399 e. The second-order valence-electron chi connectivity index (χ2n) is 5.89. The zero-order valence-corrected chi connectivity index (χ0v) is 13.0. The summed E-state index contributed by atoms with van der Waals surface area (Å²) < 4.78 is 0.825. The van der Waals surface area contributed by atoms with E-state index < -0.39 is 0 Å². The molecule has 2 saturated carbocycles. The highest BCUT2D eigenvalue weighted by Crippen LogP contribution is 2.34. The van der Waals surface area contributed by atoms with Crippen molar-refractivity contribution in [1.82, 2.24) is 4.90 Å². The molecule has 1 aromatic carbocycles. The van der Waals surface area contributed by atoms with Crippen LogP contribution >= 0.6 is 15.9 Å². The number of amides is 1. The molecule has 20 heavy (non-hydrogen) atoms. The van der Waals surface area contributed by atoms with Gasteiger partial charge in [0.05, 0.1) is 12.2 Å². The normalized spacial score (nSPS) is 18.3. The van der Waals surface area contributed by atoms with Crippen molar-refractivity contribution in [2.75, 3.05) is 24.1 Å². The van der Waals surface area contributed by atoms with Crippen molar-refractivity contribution in [2.45, 2.75) is 31.7 Å². The highest BCUT2D eigenvalue weighted by Gasteiger charge is 2.34. The number of rotatable bonds is 6. The van der Waals surface area contributed by atoms with Crippen LogP contribution in [0.2, 0.25) is 0 Å². The van der Waals surface area contributed by atoms with Crippen LogP contribution in [0, 0.1) is 5.92 Å². The fraction of sp³-hybridized carbons (Fsp3) is 0.533. The van der Waals surface area contributed by atoms with Gasteiger partial charge < -0.3 is 11.1 Å². The third kappa shape index (κ3) is 3.73. The highest BCUT2D eigenvalue weighted by atomic mass is 79.9. The summed E-state index contributed by atoms with van der Waals surface area (Å²) in [7, 11) is 0. The molecule has 0 atom stereocenters. The number of anilines is 2. The Morgan fingerprint density at radius 2 is 2.10 bits per heavy atom. The van der Waals surface area contributed by atoms with E-state index in [2.05, 4.69) is 26.1 Å². The molecular formula is C15H20BrN3O. The molecule has 3 N–H and O–H groups in total. The standard InChI is InChI=1S/C15H20BrN3O/c16-13-7-11(17)3-6-14(13)18-15(20)9-19(12-4-5-12)8-10-1-2-10/h3,6-7,10,12H,1-2,4-5,8-9,17H2,(H,18,20). The Morgan fingerprint density at radius 3 is 2.70 bits per heavy atom. The predicted octanol–water partition coefficient (Wildman–Crippen LogP) is 2.84. The smallest absolute Gasteiger partial charge is 0.238 e. The molecule has 0 heterocycles. The molecule has 2 aliphatic carbocycles. The molecule has 0 aromatic heterocycles. The van der Waals surface area contributed by atoms with Crippen LogP contribution in [0.25, 0.3) is 0 Å². The second-order valence-corrected chi connectivity index (χ2v) is 6.75. The van der Waals surface area contributed by atoms with Gasteiger partial charge in [0.15, 0.2) is 0 Å². The molecule has 1 amide bonds. The first-order valence-corrected chi connectivity index (χ1v) is 8.00. The van der Waals surface area contributed by atoms with E-state index in [4.69, 9.17) is 5.73 Å². The Hall–Kier alpha value is -1.07. The number of nitrogens with zero attached hydrogens (tertiary/aromatic N) is 1. The van der Waals surface area contributed by atoms with E-state index >= 15 is 0 Å². The van der Waals surface area contributed by atoms with Crippen LogP contribution in [0.3, 0.4) is 0 Å². The van der Waals surface area contributed by atoms with Crippen LogP contribution in [-0.2, 0) is 4.79 Å². The Kier molecular flexibility index (Phi) is 3.98. The van der Waals surface area contributed by atoms with Gasteiger partial charge in [-0.05, 0) is 65.7 Å². The number of carbonyl (C=O) groups is 1. The maximum atomic E-state index is 12.2. The molecule has 4 nitrogen and oxygen atoms in total. The number of nitrogen functional groups attached to an aromatic ring is 1. The highest BCUT2D eigenvalue weighted by molar-refractivity contribution is 9.10. The molecule has 1 aromatic rings. The predicted molar refractivity (Wildman–Crippen MR) is 84.5 cm³/mol. The Balaban J connectivity index is 1.57. The van der Waals surface area contributed by atoms with Crippen LogP contribution < -0.4 is 11.1 Å². The van der Waals surface area contributed by atoms with Crippen LogP contribution in [-0.4, -0.2) is 29.9 Å². The minimum Gasteiger partial charge on any atom is -0.399 e. The molecule has 2 fully saturated rings. The van der Waals surface area contributed by atoms with E-state index in [1.54, 1.807) is 12.1 Å². The van der Waals surface area contributed by atoms with E-state index in [1.165, 1.54) is 25.7 Å². The quantitative estimate of drug-likeness (QED) is 0.784. The van der Waals surface area contributed by atoms with Gasteiger partial charge in [0.1, 0.15) is 0 Å². The molecule has 0 spiro atoms. The van der Waals surface area contributed by atoms with Crippen LogP contribution in [0.1, 0.15) is 25.7 Å². The zero-order chi connectivity index (χ0) is 14.1. The summed E-state index contributed by atoms with van der Waals surface area (Å²) >= 11 is 3.43. The lowest BCUT2D eigenvalue weighted by Crippen LogP contribution is -2.36. The van der Waals surface area contributed by atoms with Crippen molar-refractivity contribution in [1.29, 1.82) is 0 Å². The molecule has 0 bridgehead atoms. The van der Waals surface area contributed by atoms with E-state index in [0.29, 0.717) is 18.3 Å². The average Bonchev–Trinajstić information content (AvgIpc) is 3.25. The minimum absolute atomic E-state index is 0.0584. The number of halogens is 1. The van der Waals surface area contributed by atoms with E-state index in [1.807, 2.05) is 6.07 Å². The number of hydrogen-bond donors (Lipinski definition) is 2. The fourth-order valence-corrected chi connectivity index (χ4v) is 2.92. The molecule has 3 rings (SSSR count). The van der Waals surface area contributed by atoms with Crippen molar-refractivity contribution in [2.24, 2.45) is 5.92 Å². The lowest BCUT2D eigenvalue weighted by molar-refractivity contribution is -0.117. The maximum absolute atomic E-state index is 12.2. The van der Waals surface area contributed by atoms with Crippen molar-refractivity contribution in [3.63, 3.8) is 0 Å². The molecule has 5 heteroatoms. The lowest BCUT2D eigenvalue weighted by atomic mass is 10.3. The summed E-state index contributed by atoms with van der Waals surface area (Å²) in [4.78, 5) is 14.5. The summed E-state index contributed by atoms with van der Waals surface area (Å²) in [5, 5.41) is 2.96. The summed E-state index contributed by atoms with van der Waals surface area (Å²) in [6.07, 6.45) is 5.14. The van der Waals surface area contributed by atoms with Crippen LogP contribution in [0.15, 0.2) is 22.7 Å². The first-order chi connectivity index (χ1) is 9.61. The number of nitrogens with two attached hydrogens (primary N) is 1. The van der Waals surface area contributed by atoms with Crippen molar-refractivity contribution in [3.05, 3.63) is 22.7 Å². The molecule has 0 aliphatic heterocycles. The van der Waals surface area contributed by atoms with Gasteiger partial charge in [-0.2, -0.15) is 0 Å². The van der Waals surface area contributed by atoms with Gasteiger partial charge in [-0.25, -0.2) is 0 Å². The van der Waals surface area contributed by atoms with Gasteiger partial charge >= 0.3 is 0 Å². The summed E-state index contributed by atoms with van der Waals surface area (Å²) in [6.45, 7) is 1.58. The lowest BCUT2D eigenvalue weighted by Gasteiger charge is -2.21. The first-order valence-electron chi connectivity index (χ1n) is 7.21. The van der Waals surface area contributed by atoms with Gasteiger partial charge in [-0.1, -0.05) is 0 Å². The van der Waals surface area contributed by atoms with E-state index in [0.717, 1.165) is 22.6 Å². The monoisotopic (exact) mass is 337 g/mol. The van der Waals surface area contributed by atoms with Gasteiger partial charge in [0, 0.05) is 22.7 Å². The number of hydrogen-bond acceptors (Lipinski definition) is 3. The number of benzene rings is 1. The van der Waals surface area contributed by atoms with Crippen molar-refractivity contribution in [3.8, 4) is 0 Å². The molecule has 2 aliphatic rings. The SMILES string of the molecule is Nc1ccc(NC(=O)CN(CC2CC2)C2CC2)c(Br)c1. The summed E-state index contributed by atoms with van der Waals surface area (Å²) in [5.41, 5.74) is 7.17. The fourth-order valence-electron chi connectivity index (χ4n) is 2.42. The zero-order valence-electron chi connectivity index (χ0n) is 11.4. The summed E-state index contributed by atoms with van der Waals surface area (Å²) in [5.74, 6) is 0.884. The first kappa shape index (κ1) is 13.9. The van der Waals surface area contributed by atoms with Gasteiger partial charge in [0.25, 0.3) is 0 Å². The Morgan fingerprint density at radius 1 is 1.35 bits per heavy atom. The van der Waals surface area contributed by atoms with Gasteiger partial charge in [-0.15, -0.1) is 0 Å². The van der Waals surface area contributed by atoms with Crippen LogP contribution in [0.4, 0.5) is 11.4 Å². The third-order valence-electron chi connectivity index (χ3n) is 3.87. The molecule has 0 radical (unpaired) electrons. The summed E-state index contributed by atoms with van der Waals surface area (Å²) in [6, 6.07) is 6.07. The van der Waals surface area contributed by atoms with Crippen molar-refractivity contribution >= 4 is 33.2 Å². The molecule has 0 unspecified atom stereocenters. The van der Waals surface area contributed by atoms with E-state index in [-0.39, 0.29) is 5.91 Å². The molecule has 108 valence electrons. The number of carbonyl (C=O) groups excluding carboxylic acids is 1. The Labute approximate surface area is 127 Å². The minimum atomic E-state index is 0.0584.